The van der Waals surface area contributed by atoms with E-state index in [2.05, 4.69) is 21.8 Å². The predicted molar refractivity (Wildman–Crippen MR) is 66.6 cm³/mol. The molecule has 4 heteroatoms. The van der Waals surface area contributed by atoms with Crippen LogP contribution in [0.5, 0.6) is 0 Å². The van der Waals surface area contributed by atoms with E-state index in [4.69, 9.17) is 5.11 Å². The Morgan fingerprint density at radius 3 is 2.88 bits per heavy atom. The molecule has 0 aliphatic rings. The maximum atomic E-state index is 8.71. The van der Waals surface area contributed by atoms with Gasteiger partial charge < -0.3 is 5.11 Å². The van der Waals surface area contributed by atoms with Crippen molar-refractivity contribution in [1.82, 2.24) is 9.97 Å². The van der Waals surface area contributed by atoms with Gasteiger partial charge in [0.1, 0.15) is 11.6 Å². The molecule has 0 fully saturated rings. The second kappa shape index (κ2) is 6.04. The molecule has 1 aromatic heterocycles. The van der Waals surface area contributed by atoms with Crippen molar-refractivity contribution in [3.63, 3.8) is 0 Å². The highest BCUT2D eigenvalue weighted by atomic mass is 32.2. The SMILES string of the molecule is OCC#Cc1ccccc1Sc1cnccn1. The van der Waals surface area contributed by atoms with Crippen LogP contribution >= 0.6 is 11.8 Å². The standard InChI is InChI=1S/C13H10N2OS/c16-9-3-5-11-4-1-2-6-12(11)17-13-10-14-7-8-15-13/h1-2,4,6-8,10,16H,9H2. The van der Waals surface area contributed by atoms with Gasteiger partial charge in [-0.05, 0) is 12.1 Å². The number of hydrogen-bond acceptors (Lipinski definition) is 4. The third kappa shape index (κ3) is 3.31. The fraction of sp³-hybridized carbons (Fsp3) is 0.0769. The zero-order valence-electron chi connectivity index (χ0n) is 9.00. The molecule has 0 radical (unpaired) electrons. The molecule has 0 aliphatic carbocycles. The molecule has 84 valence electrons. The summed E-state index contributed by atoms with van der Waals surface area (Å²) in [5.41, 5.74) is 0.886. The summed E-state index contributed by atoms with van der Waals surface area (Å²) in [7, 11) is 0. The zero-order valence-corrected chi connectivity index (χ0v) is 9.81. The number of hydrogen-bond donors (Lipinski definition) is 1. The van der Waals surface area contributed by atoms with Crippen LogP contribution in [0.25, 0.3) is 0 Å². The summed E-state index contributed by atoms with van der Waals surface area (Å²) in [6, 6.07) is 7.76. The zero-order chi connectivity index (χ0) is 11.9. The molecule has 0 saturated heterocycles. The first-order chi connectivity index (χ1) is 8.40. The van der Waals surface area contributed by atoms with E-state index in [1.807, 2.05) is 24.3 Å². The molecule has 17 heavy (non-hydrogen) atoms. The maximum Gasteiger partial charge on any atom is 0.119 e. The van der Waals surface area contributed by atoms with E-state index in [1.165, 1.54) is 11.8 Å². The Bertz CT molecular complexity index is 546. The van der Waals surface area contributed by atoms with Crippen LogP contribution in [-0.2, 0) is 0 Å². The lowest BCUT2D eigenvalue weighted by atomic mass is 10.2. The minimum atomic E-state index is -0.135. The van der Waals surface area contributed by atoms with Crippen LogP contribution in [0.4, 0.5) is 0 Å². The van der Waals surface area contributed by atoms with Crippen LogP contribution in [0, 0.1) is 11.8 Å². The molecule has 3 nitrogen and oxygen atoms in total. The average molecular weight is 242 g/mol. The van der Waals surface area contributed by atoms with E-state index in [0.29, 0.717) is 0 Å². The van der Waals surface area contributed by atoms with E-state index >= 15 is 0 Å². The Kier molecular flexibility index (Phi) is 4.14. The van der Waals surface area contributed by atoms with Crippen LogP contribution in [0.3, 0.4) is 0 Å². The highest BCUT2D eigenvalue weighted by Gasteiger charge is 2.02. The number of rotatable bonds is 2. The lowest BCUT2D eigenvalue weighted by molar-refractivity contribution is 0.350. The van der Waals surface area contributed by atoms with Gasteiger partial charge in [-0.1, -0.05) is 35.7 Å². The van der Waals surface area contributed by atoms with Gasteiger partial charge in [0.05, 0.1) is 6.20 Å². The van der Waals surface area contributed by atoms with Crippen LogP contribution in [0.2, 0.25) is 0 Å². The summed E-state index contributed by atoms with van der Waals surface area (Å²) in [5, 5.41) is 9.53. The predicted octanol–water partition coefficient (Wildman–Crippen LogP) is 1.97. The number of nitrogens with zero attached hydrogens (tertiary/aromatic N) is 2. The number of benzene rings is 1. The van der Waals surface area contributed by atoms with Gasteiger partial charge >= 0.3 is 0 Å². The van der Waals surface area contributed by atoms with Crippen molar-refractivity contribution in [2.45, 2.75) is 9.92 Å². The third-order valence-corrected chi connectivity index (χ3v) is 2.94. The number of aliphatic hydroxyl groups excluding tert-OH is 1. The van der Waals surface area contributed by atoms with Gasteiger partial charge in [-0.15, -0.1) is 0 Å². The summed E-state index contributed by atoms with van der Waals surface area (Å²) in [6.07, 6.45) is 5.01. The summed E-state index contributed by atoms with van der Waals surface area (Å²) in [6.45, 7) is -0.135. The monoisotopic (exact) mass is 242 g/mol. The molecule has 0 atom stereocenters. The molecule has 2 aromatic rings. The molecule has 1 N–H and O–H groups in total. The molecule has 0 saturated carbocycles. The lowest BCUT2D eigenvalue weighted by Gasteiger charge is -2.02. The second-order valence-electron chi connectivity index (χ2n) is 3.10. The third-order valence-electron chi connectivity index (χ3n) is 1.94. The van der Waals surface area contributed by atoms with Crippen molar-refractivity contribution in [1.29, 1.82) is 0 Å². The van der Waals surface area contributed by atoms with Crippen molar-refractivity contribution in [3.8, 4) is 11.8 Å². The molecule has 2 rings (SSSR count). The minimum absolute atomic E-state index is 0.135. The minimum Gasteiger partial charge on any atom is -0.384 e. The second-order valence-corrected chi connectivity index (χ2v) is 4.16. The van der Waals surface area contributed by atoms with Crippen molar-refractivity contribution >= 4 is 11.8 Å². The molecule has 1 heterocycles. The first kappa shape index (κ1) is 11.6. The summed E-state index contributed by atoms with van der Waals surface area (Å²) in [5.74, 6) is 5.56. The Morgan fingerprint density at radius 1 is 1.24 bits per heavy atom. The number of aliphatic hydroxyl groups is 1. The molecule has 0 bridgehead atoms. The largest absolute Gasteiger partial charge is 0.384 e. The van der Waals surface area contributed by atoms with E-state index in [0.717, 1.165) is 15.5 Å². The summed E-state index contributed by atoms with van der Waals surface area (Å²) < 4.78 is 0. The highest BCUT2D eigenvalue weighted by molar-refractivity contribution is 7.99. The van der Waals surface area contributed by atoms with Crippen LogP contribution in [0.1, 0.15) is 5.56 Å². The van der Waals surface area contributed by atoms with Gasteiger partial charge in [-0.2, -0.15) is 0 Å². The Hall–Kier alpha value is -1.83. The van der Waals surface area contributed by atoms with Gasteiger partial charge in [0.2, 0.25) is 0 Å². The van der Waals surface area contributed by atoms with E-state index in [1.54, 1.807) is 18.6 Å². The van der Waals surface area contributed by atoms with E-state index in [-0.39, 0.29) is 6.61 Å². The molecular weight excluding hydrogens is 232 g/mol. The van der Waals surface area contributed by atoms with Crippen molar-refractivity contribution in [2.75, 3.05) is 6.61 Å². The van der Waals surface area contributed by atoms with Crippen molar-refractivity contribution in [2.24, 2.45) is 0 Å². The normalized spacial score (nSPS) is 9.47. The topological polar surface area (TPSA) is 46.0 Å². The van der Waals surface area contributed by atoms with Gasteiger partial charge in [0.25, 0.3) is 0 Å². The average Bonchev–Trinajstić information content (AvgIpc) is 2.39. The molecular formula is C13H10N2OS. The fourth-order valence-electron chi connectivity index (χ4n) is 1.24. The summed E-state index contributed by atoms with van der Waals surface area (Å²) >= 11 is 1.51. The van der Waals surface area contributed by atoms with Crippen molar-refractivity contribution < 1.29 is 5.11 Å². The highest BCUT2D eigenvalue weighted by Crippen LogP contribution is 2.27. The smallest absolute Gasteiger partial charge is 0.119 e. The molecule has 0 unspecified atom stereocenters. The lowest BCUT2D eigenvalue weighted by Crippen LogP contribution is -1.84. The summed E-state index contributed by atoms with van der Waals surface area (Å²) in [4.78, 5) is 9.22. The van der Waals surface area contributed by atoms with Crippen molar-refractivity contribution in [3.05, 3.63) is 48.4 Å². The molecule has 0 amide bonds. The van der Waals surface area contributed by atoms with Crippen LogP contribution < -0.4 is 0 Å². The first-order valence-electron chi connectivity index (χ1n) is 5.03. The van der Waals surface area contributed by atoms with E-state index < -0.39 is 0 Å². The van der Waals surface area contributed by atoms with Gasteiger partial charge in [-0.25, -0.2) is 4.98 Å². The van der Waals surface area contributed by atoms with Crippen LogP contribution in [0.15, 0.2) is 52.8 Å². The first-order valence-corrected chi connectivity index (χ1v) is 5.84. The van der Waals surface area contributed by atoms with Gasteiger partial charge in [0, 0.05) is 22.9 Å². The maximum absolute atomic E-state index is 8.71. The molecule has 1 aromatic carbocycles. The van der Waals surface area contributed by atoms with E-state index in [9.17, 15) is 0 Å². The van der Waals surface area contributed by atoms with Crippen LogP contribution in [-0.4, -0.2) is 21.7 Å². The Morgan fingerprint density at radius 2 is 2.12 bits per heavy atom. The Labute approximate surface area is 104 Å². The Balaban J connectivity index is 2.27. The molecule has 0 aliphatic heterocycles. The van der Waals surface area contributed by atoms with Gasteiger partial charge in [-0.3, -0.25) is 4.98 Å². The fourth-order valence-corrected chi connectivity index (χ4v) is 2.07. The van der Waals surface area contributed by atoms with Gasteiger partial charge in [0.15, 0.2) is 0 Å². The molecule has 0 spiro atoms. The number of aromatic nitrogens is 2. The quantitative estimate of drug-likeness (QED) is 0.818.